The van der Waals surface area contributed by atoms with Crippen molar-refractivity contribution in [3.63, 3.8) is 0 Å². The lowest BCUT2D eigenvalue weighted by Gasteiger charge is -2.30. The molecule has 6 heteroatoms. The molecule has 1 aliphatic rings. The molecule has 0 aliphatic carbocycles. The van der Waals surface area contributed by atoms with Gasteiger partial charge < -0.3 is 20.0 Å². The maximum absolute atomic E-state index is 12.2. The van der Waals surface area contributed by atoms with Gasteiger partial charge in [-0.05, 0) is 24.6 Å². The highest BCUT2D eigenvalue weighted by atomic mass is 16.3. The van der Waals surface area contributed by atoms with Crippen LogP contribution < -0.4 is 10.6 Å². The standard InChI is InChI=1S/C19H19N3O3/c1-22-11-13(7-9-18(22)23)21-19(24)20-12-6-8-15-14-4-2-3-5-16(14)25-17(15)10-12/h2-6,8,10,13H,7,9,11H2,1H3,(H2,20,21,24). The zero-order valence-corrected chi connectivity index (χ0v) is 13.9. The quantitative estimate of drug-likeness (QED) is 0.753. The predicted octanol–water partition coefficient (Wildman–Crippen LogP) is 3.33. The van der Waals surface area contributed by atoms with Crippen molar-refractivity contribution < 1.29 is 14.0 Å². The molecule has 0 saturated carbocycles. The summed E-state index contributed by atoms with van der Waals surface area (Å²) in [5.41, 5.74) is 2.24. The fraction of sp³-hybridized carbons (Fsp3) is 0.263. The second kappa shape index (κ2) is 6.12. The Morgan fingerprint density at radius 3 is 2.80 bits per heavy atom. The van der Waals surface area contributed by atoms with E-state index in [1.165, 1.54) is 0 Å². The SMILES string of the molecule is CN1CC(NC(=O)Nc2ccc3c(c2)oc2ccccc23)CCC1=O. The van der Waals surface area contributed by atoms with E-state index in [-0.39, 0.29) is 18.0 Å². The van der Waals surface area contributed by atoms with Crippen LogP contribution in [0.25, 0.3) is 21.9 Å². The lowest BCUT2D eigenvalue weighted by Crippen LogP contribution is -2.49. The molecule has 4 rings (SSSR count). The summed E-state index contributed by atoms with van der Waals surface area (Å²) in [5, 5.41) is 7.84. The molecule has 2 N–H and O–H groups in total. The van der Waals surface area contributed by atoms with Crippen molar-refractivity contribution in [1.82, 2.24) is 10.2 Å². The summed E-state index contributed by atoms with van der Waals surface area (Å²) in [6.07, 6.45) is 1.13. The Kier molecular flexibility index (Phi) is 3.80. The van der Waals surface area contributed by atoms with Gasteiger partial charge in [0, 0.05) is 48.6 Å². The number of carbonyl (C=O) groups excluding carboxylic acids is 2. The summed E-state index contributed by atoms with van der Waals surface area (Å²) < 4.78 is 5.83. The topological polar surface area (TPSA) is 74.6 Å². The van der Waals surface area contributed by atoms with Gasteiger partial charge in [0.25, 0.3) is 0 Å². The van der Waals surface area contributed by atoms with Crippen LogP contribution in [0.5, 0.6) is 0 Å². The first-order valence-electron chi connectivity index (χ1n) is 8.33. The minimum atomic E-state index is -0.275. The summed E-state index contributed by atoms with van der Waals surface area (Å²) in [6, 6.07) is 13.2. The monoisotopic (exact) mass is 337 g/mol. The lowest BCUT2D eigenvalue weighted by molar-refractivity contribution is -0.132. The molecule has 1 fully saturated rings. The Hall–Kier alpha value is -3.02. The van der Waals surface area contributed by atoms with E-state index in [0.29, 0.717) is 25.1 Å². The molecule has 128 valence electrons. The van der Waals surface area contributed by atoms with Crippen molar-refractivity contribution >= 4 is 39.6 Å². The van der Waals surface area contributed by atoms with E-state index in [4.69, 9.17) is 4.42 Å². The van der Waals surface area contributed by atoms with E-state index in [1.54, 1.807) is 11.9 Å². The summed E-state index contributed by atoms with van der Waals surface area (Å²) in [4.78, 5) is 25.4. The normalized spacial score (nSPS) is 17.9. The number of fused-ring (bicyclic) bond motifs is 3. The van der Waals surface area contributed by atoms with Crippen LogP contribution >= 0.6 is 0 Å². The van der Waals surface area contributed by atoms with Gasteiger partial charge in [-0.2, -0.15) is 0 Å². The van der Waals surface area contributed by atoms with Crippen LogP contribution in [0, 0.1) is 0 Å². The van der Waals surface area contributed by atoms with Crippen molar-refractivity contribution in [3.05, 3.63) is 42.5 Å². The molecule has 0 bridgehead atoms. The fourth-order valence-electron chi connectivity index (χ4n) is 3.29. The second-order valence-corrected chi connectivity index (χ2v) is 6.42. The first-order chi connectivity index (χ1) is 12.1. The fourth-order valence-corrected chi connectivity index (χ4v) is 3.29. The molecule has 1 aliphatic heterocycles. The molecule has 1 unspecified atom stereocenters. The number of benzene rings is 2. The average Bonchev–Trinajstić information content (AvgIpc) is 2.96. The third-order valence-corrected chi connectivity index (χ3v) is 4.60. The van der Waals surface area contributed by atoms with Gasteiger partial charge >= 0.3 is 6.03 Å². The van der Waals surface area contributed by atoms with E-state index in [2.05, 4.69) is 10.6 Å². The Morgan fingerprint density at radius 2 is 1.96 bits per heavy atom. The summed E-state index contributed by atoms with van der Waals surface area (Å²) in [6.45, 7) is 0.537. The zero-order valence-electron chi connectivity index (χ0n) is 13.9. The van der Waals surface area contributed by atoms with Crippen LogP contribution in [0.2, 0.25) is 0 Å². The number of anilines is 1. The van der Waals surface area contributed by atoms with Gasteiger partial charge in [0.05, 0.1) is 0 Å². The van der Waals surface area contributed by atoms with Gasteiger partial charge in [0.2, 0.25) is 5.91 Å². The number of para-hydroxylation sites is 1. The van der Waals surface area contributed by atoms with Crippen LogP contribution in [0.1, 0.15) is 12.8 Å². The van der Waals surface area contributed by atoms with Crippen LogP contribution in [0.4, 0.5) is 10.5 Å². The Morgan fingerprint density at radius 1 is 1.16 bits per heavy atom. The van der Waals surface area contributed by atoms with E-state index < -0.39 is 0 Å². The van der Waals surface area contributed by atoms with Crippen molar-refractivity contribution in [2.24, 2.45) is 0 Å². The highest BCUT2D eigenvalue weighted by Gasteiger charge is 2.24. The van der Waals surface area contributed by atoms with Gasteiger partial charge in [0.15, 0.2) is 0 Å². The number of likely N-dealkylation sites (N-methyl/N-ethyl adjacent to an activating group) is 1. The van der Waals surface area contributed by atoms with E-state index in [1.807, 2.05) is 42.5 Å². The van der Waals surface area contributed by atoms with Crippen molar-refractivity contribution in [3.8, 4) is 0 Å². The van der Waals surface area contributed by atoms with Crippen LogP contribution in [-0.4, -0.2) is 36.5 Å². The molecule has 3 aromatic rings. The summed E-state index contributed by atoms with van der Waals surface area (Å²) in [7, 11) is 1.75. The average molecular weight is 337 g/mol. The number of rotatable bonds is 2. The van der Waals surface area contributed by atoms with E-state index in [9.17, 15) is 9.59 Å². The van der Waals surface area contributed by atoms with Crippen LogP contribution in [0.3, 0.4) is 0 Å². The third-order valence-electron chi connectivity index (χ3n) is 4.60. The number of furan rings is 1. The predicted molar refractivity (Wildman–Crippen MR) is 96.5 cm³/mol. The number of amides is 3. The van der Waals surface area contributed by atoms with Gasteiger partial charge in [-0.1, -0.05) is 18.2 Å². The summed E-state index contributed by atoms with van der Waals surface area (Å²) >= 11 is 0. The maximum atomic E-state index is 12.2. The molecule has 1 aromatic heterocycles. The van der Waals surface area contributed by atoms with Crippen molar-refractivity contribution in [2.45, 2.75) is 18.9 Å². The minimum Gasteiger partial charge on any atom is -0.456 e. The van der Waals surface area contributed by atoms with Gasteiger partial charge in [0.1, 0.15) is 11.2 Å². The second-order valence-electron chi connectivity index (χ2n) is 6.42. The number of urea groups is 1. The molecule has 0 radical (unpaired) electrons. The summed E-state index contributed by atoms with van der Waals surface area (Å²) in [5.74, 6) is 0.119. The highest BCUT2D eigenvalue weighted by Crippen LogP contribution is 2.30. The molecule has 25 heavy (non-hydrogen) atoms. The lowest BCUT2D eigenvalue weighted by atomic mass is 10.1. The number of hydrogen-bond acceptors (Lipinski definition) is 3. The molecule has 1 saturated heterocycles. The molecular formula is C19H19N3O3. The van der Waals surface area contributed by atoms with Gasteiger partial charge in [-0.3, -0.25) is 4.79 Å². The molecule has 0 spiro atoms. The minimum absolute atomic E-state index is 0.0300. The molecule has 2 aromatic carbocycles. The number of hydrogen-bond donors (Lipinski definition) is 2. The molecular weight excluding hydrogens is 318 g/mol. The number of likely N-dealkylation sites (tertiary alicyclic amines) is 1. The first kappa shape index (κ1) is 15.5. The molecule has 1 atom stereocenters. The molecule has 6 nitrogen and oxygen atoms in total. The zero-order chi connectivity index (χ0) is 17.4. The van der Waals surface area contributed by atoms with Gasteiger partial charge in [-0.15, -0.1) is 0 Å². The molecule has 2 heterocycles. The number of nitrogens with one attached hydrogen (secondary N) is 2. The Bertz CT molecular complexity index is 963. The maximum Gasteiger partial charge on any atom is 0.319 e. The largest absolute Gasteiger partial charge is 0.456 e. The van der Waals surface area contributed by atoms with Crippen molar-refractivity contribution in [2.75, 3.05) is 18.9 Å². The number of nitrogens with zero attached hydrogens (tertiary/aromatic N) is 1. The smallest absolute Gasteiger partial charge is 0.319 e. The van der Waals surface area contributed by atoms with Crippen LogP contribution in [0.15, 0.2) is 46.9 Å². The van der Waals surface area contributed by atoms with Crippen LogP contribution in [-0.2, 0) is 4.79 Å². The Balaban J connectivity index is 1.47. The highest BCUT2D eigenvalue weighted by molar-refractivity contribution is 6.06. The number of piperidine rings is 1. The molecule has 3 amide bonds. The van der Waals surface area contributed by atoms with E-state index in [0.717, 1.165) is 21.9 Å². The van der Waals surface area contributed by atoms with Gasteiger partial charge in [-0.25, -0.2) is 4.79 Å². The van der Waals surface area contributed by atoms with E-state index >= 15 is 0 Å². The number of carbonyl (C=O) groups is 2. The Labute approximate surface area is 144 Å². The third kappa shape index (κ3) is 3.03. The first-order valence-corrected chi connectivity index (χ1v) is 8.33. The van der Waals surface area contributed by atoms with Crippen molar-refractivity contribution in [1.29, 1.82) is 0 Å².